The van der Waals surface area contributed by atoms with Gasteiger partial charge < -0.3 is 14.7 Å². The minimum atomic E-state index is -0.694. The van der Waals surface area contributed by atoms with Crippen LogP contribution in [0.2, 0.25) is 5.02 Å². The second-order valence-electron chi connectivity index (χ2n) is 7.14. The number of aliphatic hydroxyl groups is 1. The van der Waals surface area contributed by atoms with Crippen LogP contribution in [0.1, 0.15) is 30.0 Å². The van der Waals surface area contributed by atoms with Crippen molar-refractivity contribution >= 4 is 45.0 Å². The van der Waals surface area contributed by atoms with E-state index in [1.165, 1.54) is 4.90 Å². The van der Waals surface area contributed by atoms with Crippen LogP contribution in [0.25, 0.3) is 5.76 Å². The van der Waals surface area contributed by atoms with Crippen LogP contribution in [0.15, 0.2) is 58.6 Å². The minimum absolute atomic E-state index is 0.0811. The number of nitrogens with zero attached hydrogens (tertiary/aromatic N) is 1. The third-order valence-electron chi connectivity index (χ3n) is 5.27. The van der Waals surface area contributed by atoms with Gasteiger partial charge in [0.25, 0.3) is 11.7 Å². The summed E-state index contributed by atoms with van der Waals surface area (Å²) in [6, 6.07) is 13.2. The van der Waals surface area contributed by atoms with Crippen molar-refractivity contribution < 1.29 is 19.4 Å². The van der Waals surface area contributed by atoms with Gasteiger partial charge in [0.15, 0.2) is 0 Å². The highest BCUT2D eigenvalue weighted by Gasteiger charge is 2.47. The molecule has 29 heavy (non-hydrogen) atoms. The molecule has 2 aromatic carbocycles. The number of ether oxygens (including phenoxy) is 1. The zero-order valence-corrected chi connectivity index (χ0v) is 17.8. The number of hydrogen-bond acceptors (Lipinski definition) is 4. The lowest BCUT2D eigenvalue weighted by Gasteiger charge is -2.27. The van der Waals surface area contributed by atoms with Gasteiger partial charge in [0.2, 0.25) is 0 Å². The highest BCUT2D eigenvalue weighted by Crippen LogP contribution is 2.40. The Morgan fingerprint density at radius 2 is 1.83 bits per heavy atom. The topological polar surface area (TPSA) is 66.8 Å². The zero-order valence-electron chi connectivity index (χ0n) is 15.5. The summed E-state index contributed by atoms with van der Waals surface area (Å²) < 4.78 is 6.53. The van der Waals surface area contributed by atoms with E-state index >= 15 is 0 Å². The molecule has 5 nitrogen and oxygen atoms in total. The molecule has 0 spiro atoms. The SMILES string of the molecule is O=C1C(=O)N(CC2CCCO2)C(c2ccc(Cl)cc2)C1=C(O)c1ccc(Br)cc1. The van der Waals surface area contributed by atoms with E-state index in [0.29, 0.717) is 29.3 Å². The molecule has 2 saturated heterocycles. The third-order valence-corrected chi connectivity index (χ3v) is 6.05. The lowest BCUT2D eigenvalue weighted by atomic mass is 9.95. The normalized spacial score (nSPS) is 23.7. The number of likely N-dealkylation sites (tertiary alicyclic amines) is 1. The number of amides is 1. The fraction of sp³-hybridized carbons (Fsp3) is 0.273. The second-order valence-corrected chi connectivity index (χ2v) is 8.50. The van der Waals surface area contributed by atoms with Gasteiger partial charge >= 0.3 is 0 Å². The number of halogens is 2. The predicted molar refractivity (Wildman–Crippen MR) is 114 cm³/mol. The van der Waals surface area contributed by atoms with Gasteiger partial charge in [-0.1, -0.05) is 51.8 Å². The molecular weight excluding hydrogens is 458 g/mol. The van der Waals surface area contributed by atoms with E-state index in [9.17, 15) is 14.7 Å². The summed E-state index contributed by atoms with van der Waals surface area (Å²) in [5.74, 6) is -1.51. The lowest BCUT2D eigenvalue weighted by molar-refractivity contribution is -0.140. The number of Topliss-reactive ketones (excluding diaryl/α,β-unsaturated/α-hetero) is 1. The first-order chi connectivity index (χ1) is 14.0. The summed E-state index contributed by atoms with van der Waals surface area (Å²) in [6.45, 7) is 0.952. The van der Waals surface area contributed by atoms with Crippen LogP contribution in [0, 0.1) is 0 Å². The molecule has 150 valence electrons. The number of aliphatic hydroxyl groups excluding tert-OH is 1. The summed E-state index contributed by atoms with van der Waals surface area (Å²) >= 11 is 9.39. The molecule has 0 radical (unpaired) electrons. The second kappa shape index (κ2) is 8.30. The number of benzene rings is 2. The smallest absolute Gasteiger partial charge is 0.295 e. The fourth-order valence-electron chi connectivity index (χ4n) is 3.83. The van der Waals surface area contributed by atoms with Crippen LogP contribution in [0.3, 0.4) is 0 Å². The highest BCUT2D eigenvalue weighted by atomic mass is 79.9. The Hall–Kier alpha value is -2.15. The monoisotopic (exact) mass is 475 g/mol. The summed E-state index contributed by atoms with van der Waals surface area (Å²) in [6.07, 6.45) is 1.65. The van der Waals surface area contributed by atoms with Gasteiger partial charge in [-0.2, -0.15) is 0 Å². The maximum Gasteiger partial charge on any atom is 0.295 e. The van der Waals surface area contributed by atoms with E-state index in [1.807, 2.05) is 0 Å². The summed E-state index contributed by atoms with van der Waals surface area (Å²) in [7, 11) is 0. The van der Waals surface area contributed by atoms with Crippen LogP contribution in [-0.4, -0.2) is 41.0 Å². The Bertz CT molecular complexity index is 965. The number of rotatable bonds is 4. The lowest BCUT2D eigenvalue weighted by Crippen LogP contribution is -2.36. The Kier molecular flexibility index (Phi) is 5.76. The number of carbonyl (C=O) groups excluding carboxylic acids is 2. The molecule has 0 bridgehead atoms. The predicted octanol–water partition coefficient (Wildman–Crippen LogP) is 4.70. The van der Waals surface area contributed by atoms with Gasteiger partial charge in [0.1, 0.15) is 5.76 Å². The number of ketones is 1. The minimum Gasteiger partial charge on any atom is -0.507 e. The Morgan fingerprint density at radius 3 is 2.45 bits per heavy atom. The summed E-state index contributed by atoms with van der Waals surface area (Å²) in [5, 5.41) is 11.5. The molecule has 4 rings (SSSR count). The van der Waals surface area contributed by atoms with Gasteiger partial charge in [-0.3, -0.25) is 9.59 Å². The van der Waals surface area contributed by atoms with E-state index in [4.69, 9.17) is 16.3 Å². The van der Waals surface area contributed by atoms with Crippen LogP contribution in [0.5, 0.6) is 0 Å². The average molecular weight is 477 g/mol. The maximum absolute atomic E-state index is 12.9. The van der Waals surface area contributed by atoms with E-state index in [2.05, 4.69) is 15.9 Å². The van der Waals surface area contributed by atoms with E-state index in [-0.39, 0.29) is 17.4 Å². The maximum atomic E-state index is 12.9. The largest absolute Gasteiger partial charge is 0.507 e. The van der Waals surface area contributed by atoms with Gasteiger partial charge in [0.05, 0.1) is 17.7 Å². The van der Waals surface area contributed by atoms with Crippen molar-refractivity contribution in [1.82, 2.24) is 4.90 Å². The van der Waals surface area contributed by atoms with Gasteiger partial charge in [-0.25, -0.2) is 0 Å². The molecule has 2 aliphatic heterocycles. The summed E-state index contributed by atoms with van der Waals surface area (Å²) in [4.78, 5) is 27.3. The van der Waals surface area contributed by atoms with E-state index < -0.39 is 17.7 Å². The number of hydrogen-bond donors (Lipinski definition) is 1. The zero-order chi connectivity index (χ0) is 20.5. The van der Waals surface area contributed by atoms with Gasteiger partial charge in [-0.05, 0) is 42.7 Å². The standard InChI is InChI=1S/C22H19BrClNO4/c23-15-7-3-14(4-8-15)20(26)18-19(13-5-9-16(24)10-6-13)25(22(28)21(18)27)12-17-2-1-11-29-17/h3-10,17,19,26H,1-2,11-12H2. The molecule has 2 heterocycles. The van der Waals surface area contributed by atoms with Crippen LogP contribution >= 0.6 is 27.5 Å². The first kappa shape index (κ1) is 20.1. The van der Waals surface area contributed by atoms with E-state index in [0.717, 1.165) is 17.3 Å². The average Bonchev–Trinajstić information content (AvgIpc) is 3.31. The quantitative estimate of drug-likeness (QED) is 0.394. The fourth-order valence-corrected chi connectivity index (χ4v) is 4.22. The molecule has 2 aliphatic rings. The van der Waals surface area contributed by atoms with E-state index in [1.54, 1.807) is 48.5 Å². The van der Waals surface area contributed by atoms with Crippen LogP contribution in [0.4, 0.5) is 0 Å². The molecule has 2 unspecified atom stereocenters. The van der Waals surface area contributed by atoms with Crippen molar-refractivity contribution in [2.24, 2.45) is 0 Å². The Labute approximate surface area is 182 Å². The van der Waals surface area contributed by atoms with Crippen LogP contribution < -0.4 is 0 Å². The van der Waals surface area contributed by atoms with Crippen molar-refractivity contribution in [3.8, 4) is 0 Å². The Balaban J connectivity index is 1.81. The first-order valence-electron chi connectivity index (χ1n) is 9.37. The number of carbonyl (C=O) groups is 2. The van der Waals surface area contributed by atoms with Crippen molar-refractivity contribution in [3.63, 3.8) is 0 Å². The molecule has 1 N–H and O–H groups in total. The summed E-state index contributed by atoms with van der Waals surface area (Å²) in [5.41, 5.74) is 1.27. The highest BCUT2D eigenvalue weighted by molar-refractivity contribution is 9.10. The van der Waals surface area contributed by atoms with Crippen LogP contribution in [-0.2, 0) is 14.3 Å². The van der Waals surface area contributed by atoms with Crippen molar-refractivity contribution in [1.29, 1.82) is 0 Å². The molecule has 7 heteroatoms. The third kappa shape index (κ3) is 3.97. The van der Waals surface area contributed by atoms with Crippen molar-refractivity contribution in [3.05, 3.63) is 74.7 Å². The molecular formula is C22H19BrClNO4. The van der Waals surface area contributed by atoms with Gasteiger partial charge in [0, 0.05) is 28.2 Å². The molecule has 2 fully saturated rings. The molecule has 1 amide bonds. The molecule has 0 aromatic heterocycles. The Morgan fingerprint density at radius 1 is 1.14 bits per heavy atom. The van der Waals surface area contributed by atoms with Crippen molar-refractivity contribution in [2.75, 3.05) is 13.2 Å². The molecule has 0 aliphatic carbocycles. The van der Waals surface area contributed by atoms with Crippen molar-refractivity contribution in [2.45, 2.75) is 25.0 Å². The molecule has 2 aromatic rings. The van der Waals surface area contributed by atoms with Gasteiger partial charge in [-0.15, -0.1) is 0 Å². The molecule has 0 saturated carbocycles. The molecule has 2 atom stereocenters. The first-order valence-corrected chi connectivity index (χ1v) is 10.5.